The Bertz CT molecular complexity index is 3330. The van der Waals surface area contributed by atoms with E-state index in [1.54, 1.807) is 55.4 Å². The number of rotatable bonds is 15. The number of carbonyl (C=O) groups excluding carboxylic acids is 16. The molecular weight excluding hydrogens is 1480 g/mol. The number of urea groups is 1. The Hall–Kier alpha value is -9.12. The van der Waals surface area contributed by atoms with Gasteiger partial charge >= 0.3 is 12.0 Å². The van der Waals surface area contributed by atoms with E-state index in [9.17, 15) is 82.4 Å². The SMILES string of the molecule is CC[C@H](C)[C@@H]1NC(=O)NC(=O)CNC(=O)[C@H](C)NC(=O)[C@@H](CC(=O)O)NC(=O)[C@@H]2CCCN2C(=O)[C@H]([C@@H](C)CC)NC(=O)[C@@H]2CSSC[C@H](NC1=O)C(=O)N[C@@H](CO)C(=O)N[C@@H](CCCN=C(N)N)C(=O)N[C@@H](CO)C(=O)N[C@@H](CC(C)(C)C)C(=O)N1CCC[C@H]1C(=O)NCCCCC(=O)N[C@@H]([C@@H](C)CC)C(=O)N2C. The number of aliphatic imine (C=N–C) groups is 1. The second-order valence-corrected chi connectivity index (χ2v) is 31.9. The molecule has 0 aromatic heterocycles. The Labute approximate surface area is 647 Å². The number of carbonyl (C=O) groups is 17. The Morgan fingerprint density at radius 1 is 0.536 bits per heavy atom. The maximum atomic E-state index is 15.3. The summed E-state index contributed by atoms with van der Waals surface area (Å²) in [6.07, 6.45) is 0.626. The molecule has 0 aromatic rings. The van der Waals surface area contributed by atoms with Gasteiger partial charge in [0.2, 0.25) is 88.6 Å². The molecule has 0 aliphatic carbocycles. The van der Waals surface area contributed by atoms with Gasteiger partial charge in [-0.1, -0.05) is 103 Å². The Kier molecular flexibility index (Phi) is 38.4. The van der Waals surface area contributed by atoms with E-state index < -0.39 is 240 Å². The van der Waals surface area contributed by atoms with E-state index in [1.807, 2.05) is 5.32 Å². The number of hydrogen-bond donors (Lipinski definition) is 18. The van der Waals surface area contributed by atoms with Crippen LogP contribution in [-0.2, 0) is 76.7 Å². The normalized spacial score (nSPS) is 28.3. The molecule has 0 unspecified atom stereocenters. The van der Waals surface area contributed by atoms with Crippen LogP contribution in [0.5, 0.6) is 0 Å². The van der Waals surface area contributed by atoms with E-state index in [1.165, 1.54) is 30.7 Å². The van der Waals surface area contributed by atoms with Crippen LogP contribution in [0.2, 0.25) is 0 Å². The first-order valence-corrected chi connectivity index (χ1v) is 39.8. The van der Waals surface area contributed by atoms with E-state index in [0.717, 1.165) is 26.5 Å². The molecule has 4 aliphatic rings. The summed E-state index contributed by atoms with van der Waals surface area (Å²) in [5.74, 6) is -18.9. The molecule has 110 heavy (non-hydrogen) atoms. The quantitative estimate of drug-likeness (QED) is 0.0317. The van der Waals surface area contributed by atoms with Crippen molar-refractivity contribution >= 4 is 128 Å². The molecule has 4 saturated heterocycles. The molecule has 0 spiro atoms. The minimum Gasteiger partial charge on any atom is -0.481 e. The molecule has 2 bridgehead atoms. The molecule has 4 heterocycles. The van der Waals surface area contributed by atoms with Crippen molar-refractivity contribution in [2.24, 2.45) is 39.6 Å². The maximum absolute atomic E-state index is 15.3. The van der Waals surface area contributed by atoms with Crippen molar-refractivity contribution < 1.29 is 96.8 Å². The number of carboxylic acids is 1. The topological polar surface area (TPSA) is 581 Å². The fraction of sp³-hybridized carbons (Fsp3) is 0.739. The van der Waals surface area contributed by atoms with Crippen LogP contribution in [0.3, 0.4) is 0 Å². The third kappa shape index (κ3) is 29.0. The smallest absolute Gasteiger partial charge is 0.322 e. The summed E-state index contributed by atoms with van der Waals surface area (Å²) in [5.41, 5.74) is 10.5. The number of guanidine groups is 1. The number of amides is 17. The molecule has 0 aromatic carbocycles. The van der Waals surface area contributed by atoms with Gasteiger partial charge in [0.15, 0.2) is 5.96 Å². The van der Waals surface area contributed by atoms with Crippen LogP contribution in [0.25, 0.3) is 0 Å². The lowest BCUT2D eigenvalue weighted by molar-refractivity contribution is -0.146. The zero-order valence-corrected chi connectivity index (χ0v) is 66.2. The number of nitrogens with two attached hydrogens (primary N) is 2. The van der Waals surface area contributed by atoms with E-state index in [4.69, 9.17) is 11.5 Å². The molecular formula is C69H115N19O20S2. The van der Waals surface area contributed by atoms with E-state index in [2.05, 4.69) is 68.8 Å². The summed E-state index contributed by atoms with van der Waals surface area (Å²) in [7, 11) is 2.98. The van der Waals surface area contributed by atoms with Crippen molar-refractivity contribution in [1.29, 1.82) is 0 Å². The van der Waals surface area contributed by atoms with Crippen molar-refractivity contribution in [1.82, 2.24) is 83.8 Å². The predicted octanol–water partition coefficient (Wildman–Crippen LogP) is -4.73. The molecule has 618 valence electrons. The molecule has 0 saturated carbocycles. The number of nitrogens with one attached hydrogen (secondary N) is 13. The van der Waals surface area contributed by atoms with Crippen LogP contribution in [0.4, 0.5) is 4.79 Å². The van der Waals surface area contributed by atoms with Gasteiger partial charge in [-0.3, -0.25) is 87.0 Å². The summed E-state index contributed by atoms with van der Waals surface area (Å²) in [4.78, 5) is 248. The molecule has 20 N–H and O–H groups in total. The van der Waals surface area contributed by atoms with Crippen molar-refractivity contribution in [3.63, 3.8) is 0 Å². The van der Waals surface area contributed by atoms with Gasteiger partial charge in [0.25, 0.3) is 0 Å². The minimum absolute atomic E-state index is 0.00929. The van der Waals surface area contributed by atoms with Crippen molar-refractivity contribution in [3.05, 3.63) is 0 Å². The number of hydrogen-bond acceptors (Lipinski definition) is 22. The highest BCUT2D eigenvalue weighted by Crippen LogP contribution is 2.29. The van der Waals surface area contributed by atoms with Crippen LogP contribution in [0.1, 0.15) is 159 Å². The summed E-state index contributed by atoms with van der Waals surface area (Å²) < 4.78 is 0. The van der Waals surface area contributed by atoms with E-state index in [-0.39, 0.29) is 103 Å². The lowest BCUT2D eigenvalue weighted by Gasteiger charge is -2.35. The third-order valence-corrected chi connectivity index (χ3v) is 21.9. The zero-order chi connectivity index (χ0) is 82.4. The number of nitrogens with zero attached hydrogens (tertiary/aromatic N) is 4. The molecule has 4 aliphatic heterocycles. The van der Waals surface area contributed by atoms with Crippen molar-refractivity contribution in [3.8, 4) is 0 Å². The van der Waals surface area contributed by atoms with Crippen LogP contribution in [-0.4, -0.2) is 280 Å². The lowest BCUT2D eigenvalue weighted by Crippen LogP contribution is -2.62. The zero-order valence-electron chi connectivity index (χ0n) is 64.5. The van der Waals surface area contributed by atoms with E-state index in [0.29, 0.717) is 12.8 Å². The van der Waals surface area contributed by atoms with E-state index >= 15 is 14.4 Å². The largest absolute Gasteiger partial charge is 0.481 e. The summed E-state index contributed by atoms with van der Waals surface area (Å²) in [5, 5.41) is 63.5. The number of aliphatic hydroxyl groups excluding tert-OH is 2. The van der Waals surface area contributed by atoms with Crippen molar-refractivity contribution in [2.75, 3.05) is 64.5 Å². The summed E-state index contributed by atoms with van der Waals surface area (Å²) in [6.45, 7) is 13.5. The molecule has 17 amide bonds. The maximum Gasteiger partial charge on any atom is 0.322 e. The van der Waals surface area contributed by atoms with Gasteiger partial charge in [-0.05, 0) is 87.9 Å². The number of fused-ring (bicyclic) bond motifs is 7. The second-order valence-electron chi connectivity index (χ2n) is 29.3. The highest BCUT2D eigenvalue weighted by Gasteiger charge is 2.45. The van der Waals surface area contributed by atoms with Gasteiger partial charge < -0.3 is 105 Å². The van der Waals surface area contributed by atoms with Gasteiger partial charge in [-0.25, -0.2) is 4.79 Å². The summed E-state index contributed by atoms with van der Waals surface area (Å²) in [6, 6.07) is -21.3. The minimum atomic E-state index is -1.96. The molecule has 4 fully saturated rings. The number of imide groups is 1. The number of aliphatic carboxylic acids is 1. The summed E-state index contributed by atoms with van der Waals surface area (Å²) >= 11 is 0. The lowest BCUT2D eigenvalue weighted by atomic mass is 9.87. The Balaban J connectivity index is 1.94. The Morgan fingerprint density at radius 2 is 1.05 bits per heavy atom. The average Bonchev–Trinajstić information content (AvgIpc) is 1.59. The molecule has 0 radical (unpaired) electrons. The third-order valence-electron chi connectivity index (χ3n) is 19.5. The van der Waals surface area contributed by atoms with Gasteiger partial charge in [-0.2, -0.15) is 0 Å². The number of carboxylic acid groups (broad SMARTS) is 1. The molecule has 41 heteroatoms. The van der Waals surface area contributed by atoms with Gasteiger partial charge in [-0.15, -0.1) is 0 Å². The average molecular weight is 1590 g/mol. The fourth-order valence-electron chi connectivity index (χ4n) is 12.5. The molecule has 4 rings (SSSR count). The molecule has 39 nitrogen and oxygen atoms in total. The van der Waals surface area contributed by atoms with Crippen LogP contribution < -0.4 is 80.6 Å². The number of likely N-dealkylation sites (N-methyl/N-ethyl adjacent to an activating group) is 1. The molecule has 16 atom stereocenters. The first-order valence-electron chi connectivity index (χ1n) is 37.3. The number of aliphatic hydroxyl groups is 2. The first-order chi connectivity index (χ1) is 51.8. The second kappa shape index (κ2) is 45.3. The predicted molar refractivity (Wildman–Crippen MR) is 403 cm³/mol. The highest BCUT2D eigenvalue weighted by atomic mass is 33.1. The van der Waals surface area contributed by atoms with Crippen molar-refractivity contribution in [2.45, 2.75) is 238 Å². The fourth-order valence-corrected chi connectivity index (χ4v) is 14.9. The van der Waals surface area contributed by atoms with Crippen LogP contribution in [0.15, 0.2) is 4.99 Å². The van der Waals surface area contributed by atoms with Crippen LogP contribution >= 0.6 is 21.6 Å². The highest BCUT2D eigenvalue weighted by molar-refractivity contribution is 8.76. The monoisotopic (exact) mass is 1590 g/mol. The van der Waals surface area contributed by atoms with Crippen LogP contribution in [0, 0.1) is 23.2 Å². The van der Waals surface area contributed by atoms with Gasteiger partial charge in [0.1, 0.15) is 78.5 Å². The Morgan fingerprint density at radius 3 is 1.62 bits per heavy atom. The standard InChI is InChI=1S/C69H115N19O20S2/c1-12-35(4)51-63(104)81-44-33-109-110-34-47(62(103)84-53(37(6)14-3)66(107)88-27-19-22-46(88)61(102)77-40(28-50(93)94)56(97)75-38(7)54(95)74-30-49(92)83-68(108)85-51)86(11)65(106)52(36(5)13-2)82-48(91)23-15-16-24-72-60(101)45-21-18-26-87(45)64(105)41(29-69(8,9)10)78-58(99)43(32-90)79-55(96)39(20-17-25-73-67(70)71)76-57(98)42(31-89)80-59(44)100/h35-47,51-53,89-90H,12-34H2,1-11H3,(H,72,101)(H,74,95)(H,75,97)(H,76,98)(H,77,102)(H,78,99)(H,79,96)(H,80,100)(H,81,104)(H,82,91)(H,84,103)(H,93,94)(H4,70,71,73)(H2,83,85,92,108)/t35-,36-,37-,38-,39-,40+,41-,42-,43-,44-,45-,46-,47-,51-,52-,53-/m0/s1. The van der Waals surface area contributed by atoms with Gasteiger partial charge in [0.05, 0.1) is 26.2 Å². The van der Waals surface area contributed by atoms with Gasteiger partial charge in [0, 0.05) is 51.2 Å². The first kappa shape index (κ1) is 93.3.